The SMILES string of the molecule is C[C@@H]1CN(C(=O)O)C[C@@H]1Nc1cncc(Nc2ccc(-c3cnn(C)c3)cc2[N+](=O)[O-])n1. The molecule has 0 unspecified atom stereocenters. The maximum atomic E-state index is 11.7. The number of rotatable bonds is 6. The van der Waals surface area contributed by atoms with Crippen LogP contribution in [0.1, 0.15) is 6.92 Å². The Balaban J connectivity index is 1.53. The Morgan fingerprint density at radius 3 is 2.66 bits per heavy atom. The second kappa shape index (κ2) is 8.49. The van der Waals surface area contributed by atoms with Gasteiger partial charge in [0.25, 0.3) is 5.69 Å². The molecule has 0 radical (unpaired) electrons. The summed E-state index contributed by atoms with van der Waals surface area (Å²) in [6, 6.07) is 4.76. The number of hydrogen-bond acceptors (Lipinski definition) is 8. The highest BCUT2D eigenvalue weighted by Gasteiger charge is 2.32. The number of hydrogen-bond donors (Lipinski definition) is 3. The number of likely N-dealkylation sites (tertiary alicyclic amines) is 1. The lowest BCUT2D eigenvalue weighted by Crippen LogP contribution is -2.30. The summed E-state index contributed by atoms with van der Waals surface area (Å²) in [5.41, 5.74) is 1.62. The van der Waals surface area contributed by atoms with E-state index in [1.807, 2.05) is 6.92 Å². The number of carbonyl (C=O) groups is 1. The van der Waals surface area contributed by atoms with Crippen molar-refractivity contribution in [3.05, 3.63) is 53.1 Å². The smallest absolute Gasteiger partial charge is 0.407 e. The van der Waals surface area contributed by atoms with Crippen molar-refractivity contribution in [3.63, 3.8) is 0 Å². The molecule has 32 heavy (non-hydrogen) atoms. The maximum absolute atomic E-state index is 11.7. The number of aromatic nitrogens is 4. The van der Waals surface area contributed by atoms with Crippen LogP contribution in [-0.4, -0.2) is 59.9 Å². The van der Waals surface area contributed by atoms with Crippen molar-refractivity contribution in [2.75, 3.05) is 23.7 Å². The Morgan fingerprint density at radius 1 is 1.22 bits per heavy atom. The Kier molecular flexibility index (Phi) is 5.58. The first kappa shape index (κ1) is 21.0. The number of amides is 1. The second-order valence-electron chi connectivity index (χ2n) is 7.72. The summed E-state index contributed by atoms with van der Waals surface area (Å²) in [6.07, 6.45) is 5.46. The van der Waals surface area contributed by atoms with Crippen LogP contribution in [0.2, 0.25) is 0 Å². The van der Waals surface area contributed by atoms with Crippen LogP contribution in [0.4, 0.5) is 27.8 Å². The lowest BCUT2D eigenvalue weighted by atomic mass is 10.1. The predicted molar refractivity (Wildman–Crippen MR) is 117 cm³/mol. The molecule has 0 saturated carbocycles. The van der Waals surface area contributed by atoms with E-state index >= 15 is 0 Å². The molecule has 3 heterocycles. The molecular formula is C20H22N8O4. The van der Waals surface area contributed by atoms with Crippen LogP contribution < -0.4 is 10.6 Å². The average Bonchev–Trinajstić information content (AvgIpc) is 3.34. The van der Waals surface area contributed by atoms with Gasteiger partial charge >= 0.3 is 6.09 Å². The predicted octanol–water partition coefficient (Wildman–Crippen LogP) is 2.94. The summed E-state index contributed by atoms with van der Waals surface area (Å²) in [5, 5.41) is 31.1. The third-order valence-corrected chi connectivity index (χ3v) is 5.35. The van der Waals surface area contributed by atoms with Gasteiger partial charge in [-0.1, -0.05) is 13.0 Å². The summed E-state index contributed by atoms with van der Waals surface area (Å²) < 4.78 is 1.63. The molecule has 166 valence electrons. The normalized spacial score (nSPS) is 17.9. The second-order valence-corrected chi connectivity index (χ2v) is 7.72. The number of nitro groups is 1. The van der Waals surface area contributed by atoms with Crippen LogP contribution in [0.3, 0.4) is 0 Å². The number of carboxylic acid groups (broad SMARTS) is 1. The van der Waals surface area contributed by atoms with Gasteiger partial charge in [0.1, 0.15) is 11.5 Å². The molecule has 12 nitrogen and oxygen atoms in total. The molecule has 1 saturated heterocycles. The van der Waals surface area contributed by atoms with Gasteiger partial charge in [0.2, 0.25) is 0 Å². The van der Waals surface area contributed by atoms with Crippen molar-refractivity contribution in [2.24, 2.45) is 13.0 Å². The van der Waals surface area contributed by atoms with Gasteiger partial charge in [0, 0.05) is 44.0 Å². The summed E-state index contributed by atoms with van der Waals surface area (Å²) in [5.74, 6) is 0.882. The van der Waals surface area contributed by atoms with Crippen molar-refractivity contribution in [1.29, 1.82) is 0 Å². The third kappa shape index (κ3) is 4.43. The highest BCUT2D eigenvalue weighted by molar-refractivity contribution is 5.75. The van der Waals surface area contributed by atoms with Crippen molar-refractivity contribution >= 4 is 29.1 Å². The molecule has 0 bridgehead atoms. The lowest BCUT2D eigenvalue weighted by molar-refractivity contribution is -0.383. The molecule has 4 rings (SSSR count). The highest BCUT2D eigenvalue weighted by atomic mass is 16.6. The van der Waals surface area contributed by atoms with Gasteiger partial charge in [-0.2, -0.15) is 5.10 Å². The van der Waals surface area contributed by atoms with E-state index in [1.54, 1.807) is 36.3 Å². The molecule has 3 N–H and O–H groups in total. The van der Waals surface area contributed by atoms with Crippen LogP contribution in [0.5, 0.6) is 0 Å². The fraction of sp³-hybridized carbons (Fsp3) is 0.300. The minimum absolute atomic E-state index is 0.102. The molecule has 2 aromatic heterocycles. The van der Waals surface area contributed by atoms with Crippen molar-refractivity contribution in [2.45, 2.75) is 13.0 Å². The summed E-state index contributed by atoms with van der Waals surface area (Å²) in [4.78, 5) is 32.3. The van der Waals surface area contributed by atoms with E-state index in [0.29, 0.717) is 30.3 Å². The molecule has 1 fully saturated rings. The Labute approximate surface area is 183 Å². The van der Waals surface area contributed by atoms with E-state index in [4.69, 9.17) is 0 Å². The van der Waals surface area contributed by atoms with E-state index in [2.05, 4.69) is 25.7 Å². The quantitative estimate of drug-likeness (QED) is 0.389. The first-order valence-corrected chi connectivity index (χ1v) is 9.91. The zero-order valence-corrected chi connectivity index (χ0v) is 17.5. The molecular weight excluding hydrogens is 416 g/mol. The average molecular weight is 438 g/mol. The Morgan fingerprint density at radius 2 is 2.00 bits per heavy atom. The largest absolute Gasteiger partial charge is 0.465 e. The molecule has 1 amide bonds. The highest BCUT2D eigenvalue weighted by Crippen LogP contribution is 2.32. The van der Waals surface area contributed by atoms with E-state index in [9.17, 15) is 20.0 Å². The summed E-state index contributed by atoms with van der Waals surface area (Å²) >= 11 is 0. The first-order chi connectivity index (χ1) is 15.3. The molecule has 1 aromatic carbocycles. The fourth-order valence-electron chi connectivity index (χ4n) is 3.67. The molecule has 1 aliphatic rings. The molecule has 12 heteroatoms. The maximum Gasteiger partial charge on any atom is 0.407 e. The van der Waals surface area contributed by atoms with Gasteiger partial charge in [-0.3, -0.25) is 19.8 Å². The molecule has 1 aliphatic heterocycles. The van der Waals surface area contributed by atoms with Crippen molar-refractivity contribution in [1.82, 2.24) is 24.6 Å². The lowest BCUT2D eigenvalue weighted by Gasteiger charge is -2.17. The van der Waals surface area contributed by atoms with Crippen LogP contribution in [0, 0.1) is 16.0 Å². The van der Waals surface area contributed by atoms with E-state index < -0.39 is 11.0 Å². The van der Waals surface area contributed by atoms with Gasteiger partial charge in [-0.25, -0.2) is 9.78 Å². The minimum Gasteiger partial charge on any atom is -0.465 e. The standard InChI is InChI=1S/C20H22N8O4/c1-12-9-27(20(29)30)11-16(12)24-19-8-21-7-18(25-19)23-15-4-3-13(5-17(15)28(31)32)14-6-22-26(2)10-14/h3-8,10,12,16H,9,11H2,1-2H3,(H,29,30)(H2,23,24,25)/t12-,16+/m1/s1. The van der Waals surface area contributed by atoms with Gasteiger partial charge in [0.05, 0.1) is 23.5 Å². The molecule has 3 aromatic rings. The number of nitrogens with one attached hydrogen (secondary N) is 2. The van der Waals surface area contributed by atoms with Crippen LogP contribution in [0.25, 0.3) is 11.1 Å². The summed E-state index contributed by atoms with van der Waals surface area (Å²) in [6.45, 7) is 2.74. The van der Waals surface area contributed by atoms with E-state index in [1.165, 1.54) is 23.4 Å². The molecule has 0 aliphatic carbocycles. The number of benzene rings is 1. The Hall–Kier alpha value is -4.22. The van der Waals surface area contributed by atoms with Gasteiger partial charge in [0.15, 0.2) is 5.82 Å². The number of nitro benzene ring substituents is 1. The van der Waals surface area contributed by atoms with Crippen LogP contribution >= 0.6 is 0 Å². The third-order valence-electron chi connectivity index (χ3n) is 5.35. The van der Waals surface area contributed by atoms with Gasteiger partial charge in [-0.15, -0.1) is 0 Å². The van der Waals surface area contributed by atoms with Gasteiger partial charge < -0.3 is 20.6 Å². The first-order valence-electron chi connectivity index (χ1n) is 9.91. The molecule has 0 spiro atoms. The number of aryl methyl sites for hydroxylation is 1. The number of anilines is 3. The topological polar surface area (TPSA) is 151 Å². The molecule has 2 atom stereocenters. The van der Waals surface area contributed by atoms with E-state index in [0.717, 1.165) is 5.56 Å². The summed E-state index contributed by atoms with van der Waals surface area (Å²) in [7, 11) is 1.78. The van der Waals surface area contributed by atoms with Crippen LogP contribution in [0.15, 0.2) is 43.0 Å². The number of nitrogens with zero attached hydrogens (tertiary/aromatic N) is 6. The van der Waals surface area contributed by atoms with Crippen molar-refractivity contribution < 1.29 is 14.8 Å². The monoisotopic (exact) mass is 438 g/mol. The minimum atomic E-state index is -0.954. The fourth-order valence-corrected chi connectivity index (χ4v) is 3.67. The van der Waals surface area contributed by atoms with Gasteiger partial charge in [-0.05, 0) is 17.5 Å². The van der Waals surface area contributed by atoms with E-state index in [-0.39, 0.29) is 23.3 Å². The Bertz CT molecular complexity index is 1160. The van der Waals surface area contributed by atoms with Crippen LogP contribution in [-0.2, 0) is 7.05 Å². The zero-order valence-electron chi connectivity index (χ0n) is 17.5. The zero-order chi connectivity index (χ0) is 22.8. The van der Waals surface area contributed by atoms with Crippen molar-refractivity contribution in [3.8, 4) is 11.1 Å².